The van der Waals surface area contributed by atoms with Crippen molar-refractivity contribution in [2.75, 3.05) is 12.8 Å². The predicted octanol–water partition coefficient (Wildman–Crippen LogP) is 2.02. The zero-order valence-corrected chi connectivity index (χ0v) is 11.3. The summed E-state index contributed by atoms with van der Waals surface area (Å²) in [5.74, 6) is -0.431. The van der Waals surface area contributed by atoms with Crippen molar-refractivity contribution in [3.05, 3.63) is 35.5 Å². The van der Waals surface area contributed by atoms with Crippen molar-refractivity contribution in [3.63, 3.8) is 0 Å². The summed E-state index contributed by atoms with van der Waals surface area (Å²) in [5, 5.41) is 4.24. The Balaban J connectivity index is 2.63. The summed E-state index contributed by atoms with van der Waals surface area (Å²) in [6.07, 6.45) is 2.67. The number of carbonyl (C=O) groups is 1. The number of rotatable bonds is 3. The fourth-order valence-electron chi connectivity index (χ4n) is 2.15. The first-order chi connectivity index (χ1) is 9.10. The lowest BCUT2D eigenvalue weighted by Gasteiger charge is -2.11. The van der Waals surface area contributed by atoms with Crippen LogP contribution in [0.5, 0.6) is 0 Å². The highest BCUT2D eigenvalue weighted by molar-refractivity contribution is 5.99. The number of hydrogen-bond donors (Lipinski definition) is 1. The molecule has 0 atom stereocenters. The number of nitrogens with two attached hydrogens (primary N) is 1. The Hall–Kier alpha value is -2.30. The van der Waals surface area contributed by atoms with Gasteiger partial charge in [-0.05, 0) is 18.1 Å². The fraction of sp³-hybridized carbons (Fsp3) is 0.286. The van der Waals surface area contributed by atoms with E-state index in [1.165, 1.54) is 7.11 Å². The summed E-state index contributed by atoms with van der Waals surface area (Å²) in [6.45, 7) is 2.06. The Morgan fingerprint density at radius 1 is 1.47 bits per heavy atom. The topological polar surface area (TPSA) is 70.1 Å². The van der Waals surface area contributed by atoms with E-state index in [1.54, 1.807) is 16.8 Å². The second kappa shape index (κ2) is 5.14. The third kappa shape index (κ3) is 2.19. The van der Waals surface area contributed by atoms with Gasteiger partial charge in [0.2, 0.25) is 0 Å². The summed E-state index contributed by atoms with van der Waals surface area (Å²) >= 11 is 0. The number of para-hydroxylation sites is 1. The fourth-order valence-corrected chi connectivity index (χ4v) is 2.15. The van der Waals surface area contributed by atoms with Crippen LogP contribution >= 0.6 is 0 Å². The van der Waals surface area contributed by atoms with Gasteiger partial charge in [0.1, 0.15) is 0 Å². The number of methoxy groups -OCH3 is 1. The number of carbonyl (C=O) groups excluding carboxylic acids is 1. The third-order valence-electron chi connectivity index (χ3n) is 3.16. The lowest BCUT2D eigenvalue weighted by Crippen LogP contribution is -2.08. The van der Waals surface area contributed by atoms with Gasteiger partial charge in [0.25, 0.3) is 0 Å². The molecule has 0 spiro atoms. The highest BCUT2D eigenvalue weighted by Crippen LogP contribution is 2.31. The van der Waals surface area contributed by atoms with E-state index in [1.807, 2.05) is 19.3 Å². The summed E-state index contributed by atoms with van der Waals surface area (Å²) in [4.78, 5) is 11.7. The molecule has 2 N–H and O–H groups in total. The van der Waals surface area contributed by atoms with Gasteiger partial charge in [0.15, 0.2) is 0 Å². The molecule has 0 aliphatic carbocycles. The first-order valence-corrected chi connectivity index (χ1v) is 6.08. The molecule has 100 valence electrons. The van der Waals surface area contributed by atoms with Crippen LogP contribution < -0.4 is 5.73 Å². The molecule has 1 aromatic heterocycles. The van der Waals surface area contributed by atoms with Gasteiger partial charge in [0.05, 0.1) is 30.3 Å². The van der Waals surface area contributed by atoms with Crippen LogP contribution in [0.4, 0.5) is 5.69 Å². The van der Waals surface area contributed by atoms with Crippen LogP contribution in [-0.4, -0.2) is 22.9 Å². The van der Waals surface area contributed by atoms with Crippen molar-refractivity contribution in [1.82, 2.24) is 9.78 Å². The number of nitrogens with zero attached hydrogens (tertiary/aromatic N) is 2. The predicted molar refractivity (Wildman–Crippen MR) is 73.8 cm³/mol. The number of nitrogen functional groups attached to an aromatic ring is 1. The molecule has 0 bridgehead atoms. The molecule has 0 saturated heterocycles. The number of benzene rings is 1. The highest BCUT2D eigenvalue weighted by Gasteiger charge is 2.17. The van der Waals surface area contributed by atoms with Gasteiger partial charge in [-0.25, -0.2) is 4.79 Å². The number of ether oxygens (including phenoxy) is 1. The van der Waals surface area contributed by atoms with Crippen molar-refractivity contribution in [1.29, 1.82) is 0 Å². The van der Waals surface area contributed by atoms with Crippen LogP contribution in [-0.2, 0) is 18.2 Å². The van der Waals surface area contributed by atoms with Gasteiger partial charge in [-0.15, -0.1) is 0 Å². The molecule has 2 rings (SSSR count). The molecular weight excluding hydrogens is 242 g/mol. The van der Waals surface area contributed by atoms with Gasteiger partial charge >= 0.3 is 5.97 Å². The molecule has 2 aromatic rings. The Kier molecular flexibility index (Phi) is 3.55. The van der Waals surface area contributed by atoms with Crippen LogP contribution in [0.25, 0.3) is 11.3 Å². The monoisotopic (exact) mass is 259 g/mol. The van der Waals surface area contributed by atoms with Gasteiger partial charge < -0.3 is 10.5 Å². The van der Waals surface area contributed by atoms with E-state index in [-0.39, 0.29) is 0 Å². The van der Waals surface area contributed by atoms with Gasteiger partial charge in [0, 0.05) is 12.6 Å². The maximum Gasteiger partial charge on any atom is 0.339 e. The Labute approximate surface area is 112 Å². The standard InChI is InChI=1S/C14H17N3O2/c1-4-9-8-16-17(2)13(9)10-6-5-7-11(12(10)15)14(18)19-3/h5-8H,4,15H2,1-3H3. The van der Waals surface area contributed by atoms with Crippen LogP contribution in [0.15, 0.2) is 24.4 Å². The van der Waals surface area contributed by atoms with Crippen molar-refractivity contribution < 1.29 is 9.53 Å². The molecule has 0 saturated carbocycles. The molecule has 0 fully saturated rings. The summed E-state index contributed by atoms with van der Waals surface area (Å²) in [7, 11) is 3.20. The smallest absolute Gasteiger partial charge is 0.339 e. The SMILES string of the molecule is CCc1cnn(C)c1-c1cccc(C(=O)OC)c1N. The zero-order valence-electron chi connectivity index (χ0n) is 11.3. The van der Waals surface area contributed by atoms with Crippen molar-refractivity contribution in [2.45, 2.75) is 13.3 Å². The molecule has 1 heterocycles. The van der Waals surface area contributed by atoms with Gasteiger partial charge in [-0.2, -0.15) is 5.10 Å². The lowest BCUT2D eigenvalue weighted by molar-refractivity contribution is 0.0602. The Bertz CT molecular complexity index is 617. The number of anilines is 1. The quantitative estimate of drug-likeness (QED) is 0.676. The molecule has 0 unspecified atom stereocenters. The molecule has 5 nitrogen and oxygen atoms in total. The molecule has 19 heavy (non-hydrogen) atoms. The average molecular weight is 259 g/mol. The summed E-state index contributed by atoms with van der Waals surface area (Å²) in [5.41, 5.74) is 9.74. The van der Waals surface area contributed by atoms with E-state index < -0.39 is 5.97 Å². The minimum atomic E-state index is -0.431. The minimum Gasteiger partial charge on any atom is -0.465 e. The van der Waals surface area contributed by atoms with E-state index in [0.717, 1.165) is 23.2 Å². The van der Waals surface area contributed by atoms with E-state index in [2.05, 4.69) is 12.0 Å². The summed E-state index contributed by atoms with van der Waals surface area (Å²) in [6, 6.07) is 5.34. The Morgan fingerprint density at radius 3 is 2.84 bits per heavy atom. The number of aromatic nitrogens is 2. The number of hydrogen-bond acceptors (Lipinski definition) is 4. The largest absolute Gasteiger partial charge is 0.465 e. The molecule has 0 radical (unpaired) electrons. The second-order valence-electron chi connectivity index (χ2n) is 4.25. The second-order valence-corrected chi connectivity index (χ2v) is 4.25. The van der Waals surface area contributed by atoms with Crippen molar-refractivity contribution in [2.24, 2.45) is 7.05 Å². The lowest BCUT2D eigenvalue weighted by atomic mass is 10.0. The average Bonchev–Trinajstić information content (AvgIpc) is 2.79. The van der Waals surface area contributed by atoms with Gasteiger partial charge in [-0.1, -0.05) is 19.1 Å². The van der Waals surface area contributed by atoms with Crippen molar-refractivity contribution >= 4 is 11.7 Å². The minimum absolute atomic E-state index is 0.378. The van der Waals surface area contributed by atoms with Crippen LogP contribution in [0.1, 0.15) is 22.8 Å². The number of esters is 1. The normalized spacial score (nSPS) is 10.5. The molecule has 0 amide bonds. The molecular formula is C14H17N3O2. The zero-order chi connectivity index (χ0) is 14.0. The Morgan fingerprint density at radius 2 is 2.21 bits per heavy atom. The van der Waals surface area contributed by atoms with E-state index in [0.29, 0.717) is 11.3 Å². The van der Waals surface area contributed by atoms with Crippen molar-refractivity contribution in [3.8, 4) is 11.3 Å². The summed E-state index contributed by atoms with van der Waals surface area (Å²) < 4.78 is 6.50. The van der Waals surface area contributed by atoms with Crippen LogP contribution in [0.2, 0.25) is 0 Å². The van der Waals surface area contributed by atoms with E-state index in [9.17, 15) is 4.79 Å². The highest BCUT2D eigenvalue weighted by atomic mass is 16.5. The maximum atomic E-state index is 11.7. The van der Waals surface area contributed by atoms with Crippen LogP contribution in [0, 0.1) is 0 Å². The third-order valence-corrected chi connectivity index (χ3v) is 3.16. The first kappa shape index (κ1) is 13.1. The molecule has 1 aromatic carbocycles. The molecule has 0 aliphatic heterocycles. The first-order valence-electron chi connectivity index (χ1n) is 6.08. The number of aryl methyl sites for hydroxylation is 2. The van der Waals surface area contributed by atoms with Crippen LogP contribution in [0.3, 0.4) is 0 Å². The van der Waals surface area contributed by atoms with E-state index >= 15 is 0 Å². The maximum absolute atomic E-state index is 11.7. The van der Waals surface area contributed by atoms with E-state index in [4.69, 9.17) is 10.5 Å². The molecule has 0 aliphatic rings. The van der Waals surface area contributed by atoms with Gasteiger partial charge in [-0.3, -0.25) is 4.68 Å². The molecule has 5 heteroatoms.